The first-order valence-corrected chi connectivity index (χ1v) is 12.0. The Hall–Kier alpha value is -3.04. The normalized spacial score (nSPS) is 11.9. The first kappa shape index (κ1) is 26.2. The highest BCUT2D eigenvalue weighted by Gasteiger charge is 2.26. The van der Waals surface area contributed by atoms with Gasteiger partial charge in [0, 0.05) is 6.04 Å². The fourth-order valence-electron chi connectivity index (χ4n) is 2.78. The summed E-state index contributed by atoms with van der Waals surface area (Å²) in [5.41, 5.74) is 0.221. The third-order valence-corrected chi connectivity index (χ3v) is 6.87. The van der Waals surface area contributed by atoms with Crippen LogP contribution in [0.25, 0.3) is 0 Å². The number of hydrogen-bond acceptors (Lipinski definition) is 6. The average Bonchev–Trinajstić information content (AvgIpc) is 2.81. The number of esters is 1. The summed E-state index contributed by atoms with van der Waals surface area (Å²) in [5, 5.41) is 2.67. The summed E-state index contributed by atoms with van der Waals surface area (Å²) in [6.45, 7) is 6.84. The lowest BCUT2D eigenvalue weighted by molar-refractivity contribution is -0.124. The molecule has 0 aromatic heterocycles. The monoisotopic (exact) mass is 494 g/mol. The van der Waals surface area contributed by atoms with Gasteiger partial charge in [0.05, 0.1) is 34.8 Å². The number of amides is 1. The Morgan fingerprint density at radius 2 is 1.88 bits per heavy atom. The Morgan fingerprint density at radius 3 is 2.45 bits per heavy atom. The van der Waals surface area contributed by atoms with Crippen LogP contribution < -0.4 is 14.4 Å². The van der Waals surface area contributed by atoms with Crippen LogP contribution >= 0.6 is 11.6 Å². The minimum Gasteiger partial charge on any atom is -0.497 e. The molecule has 0 fully saturated rings. The molecule has 1 unspecified atom stereocenters. The lowest BCUT2D eigenvalue weighted by Crippen LogP contribution is -2.35. The van der Waals surface area contributed by atoms with E-state index in [0.717, 1.165) is 16.8 Å². The van der Waals surface area contributed by atoms with Crippen molar-refractivity contribution >= 4 is 39.2 Å². The Morgan fingerprint density at radius 1 is 1.21 bits per heavy atom. The minimum absolute atomic E-state index is 0.000928. The van der Waals surface area contributed by atoms with Crippen molar-refractivity contribution in [1.82, 2.24) is 5.32 Å². The molecule has 33 heavy (non-hydrogen) atoms. The van der Waals surface area contributed by atoms with Gasteiger partial charge in [-0.05, 0) is 55.8 Å². The zero-order chi connectivity index (χ0) is 24.6. The summed E-state index contributed by atoms with van der Waals surface area (Å²) in [7, 11) is -2.57. The van der Waals surface area contributed by atoms with E-state index < -0.39 is 28.5 Å². The summed E-state index contributed by atoms with van der Waals surface area (Å²) in [6.07, 6.45) is 2.17. The van der Waals surface area contributed by atoms with Crippen molar-refractivity contribution in [3.8, 4) is 5.75 Å². The van der Waals surface area contributed by atoms with Crippen molar-refractivity contribution in [3.63, 3.8) is 0 Å². The zero-order valence-corrected chi connectivity index (χ0v) is 20.3. The molecule has 0 heterocycles. The van der Waals surface area contributed by atoms with Gasteiger partial charge in [-0.2, -0.15) is 0 Å². The van der Waals surface area contributed by atoms with Gasteiger partial charge in [0.2, 0.25) is 0 Å². The topological polar surface area (TPSA) is 102 Å². The van der Waals surface area contributed by atoms with Crippen LogP contribution in [-0.2, 0) is 19.6 Å². The molecule has 1 N–H and O–H groups in total. The van der Waals surface area contributed by atoms with Gasteiger partial charge in [0.15, 0.2) is 6.61 Å². The molecule has 2 rings (SSSR count). The number of anilines is 1. The molecular weight excluding hydrogens is 468 g/mol. The molecular formula is C23H27ClN2O6S. The maximum absolute atomic E-state index is 13.4. The van der Waals surface area contributed by atoms with Gasteiger partial charge in [-0.15, -0.1) is 6.58 Å². The standard InChI is InChI=1S/C23H27ClN2O6S/c1-5-13-26(17-7-9-18(31-4)10-8-17)33(29,30)19-11-12-21(24)20(14-19)23(28)32-15-22(27)25-16(3)6-2/h5,7-12,14,16H,1,6,13,15H2,2-4H3,(H,25,27). The van der Waals surface area contributed by atoms with Crippen molar-refractivity contribution in [2.45, 2.75) is 31.2 Å². The second-order valence-electron chi connectivity index (χ2n) is 7.12. The molecule has 0 bridgehead atoms. The zero-order valence-electron chi connectivity index (χ0n) is 18.7. The lowest BCUT2D eigenvalue weighted by atomic mass is 10.2. The summed E-state index contributed by atoms with van der Waals surface area (Å²) in [4.78, 5) is 24.2. The fraction of sp³-hybridized carbons (Fsp3) is 0.304. The average molecular weight is 495 g/mol. The summed E-state index contributed by atoms with van der Waals surface area (Å²) < 4.78 is 38.0. The van der Waals surface area contributed by atoms with Crippen LogP contribution in [0.3, 0.4) is 0 Å². The van der Waals surface area contributed by atoms with Crippen LogP contribution in [0.4, 0.5) is 5.69 Å². The highest BCUT2D eigenvalue weighted by atomic mass is 35.5. The van der Waals surface area contributed by atoms with Crippen molar-refractivity contribution in [1.29, 1.82) is 0 Å². The molecule has 0 saturated heterocycles. The number of hydrogen-bond donors (Lipinski definition) is 1. The molecule has 10 heteroatoms. The number of carbonyl (C=O) groups excluding carboxylic acids is 2. The van der Waals surface area contributed by atoms with Gasteiger partial charge in [-0.1, -0.05) is 24.6 Å². The second-order valence-corrected chi connectivity index (χ2v) is 9.39. The SMILES string of the molecule is C=CCN(c1ccc(OC)cc1)S(=O)(=O)c1ccc(Cl)c(C(=O)OCC(=O)NC(C)CC)c1. The third kappa shape index (κ3) is 6.72. The van der Waals surface area contributed by atoms with E-state index in [1.54, 1.807) is 24.3 Å². The summed E-state index contributed by atoms with van der Waals surface area (Å²) in [6, 6.07) is 10.1. The van der Waals surface area contributed by atoms with Crippen LogP contribution in [0.5, 0.6) is 5.75 Å². The van der Waals surface area contributed by atoms with Gasteiger partial charge in [0.1, 0.15) is 5.75 Å². The van der Waals surface area contributed by atoms with Gasteiger partial charge in [0.25, 0.3) is 15.9 Å². The Kier molecular flexibility index (Phi) is 9.31. The number of sulfonamides is 1. The number of methoxy groups -OCH3 is 1. The molecule has 0 spiro atoms. The number of ether oxygens (including phenoxy) is 2. The molecule has 2 aromatic rings. The van der Waals surface area contributed by atoms with Crippen LogP contribution in [-0.4, -0.2) is 46.6 Å². The van der Waals surface area contributed by atoms with E-state index >= 15 is 0 Å². The van der Waals surface area contributed by atoms with Gasteiger partial charge >= 0.3 is 5.97 Å². The van der Waals surface area contributed by atoms with E-state index in [0.29, 0.717) is 11.4 Å². The molecule has 178 valence electrons. The number of carbonyl (C=O) groups is 2. The first-order valence-electron chi connectivity index (χ1n) is 10.2. The lowest BCUT2D eigenvalue weighted by Gasteiger charge is -2.23. The maximum atomic E-state index is 13.4. The van der Waals surface area contributed by atoms with E-state index in [1.165, 1.54) is 25.3 Å². The van der Waals surface area contributed by atoms with Crippen molar-refractivity contribution in [2.75, 3.05) is 24.6 Å². The molecule has 0 aliphatic carbocycles. The van der Waals surface area contributed by atoms with Gasteiger partial charge < -0.3 is 14.8 Å². The van der Waals surface area contributed by atoms with Gasteiger partial charge in [-0.3, -0.25) is 9.10 Å². The number of nitrogens with one attached hydrogen (secondary N) is 1. The largest absolute Gasteiger partial charge is 0.497 e. The van der Waals surface area contributed by atoms with Crippen LogP contribution in [0.2, 0.25) is 5.02 Å². The highest BCUT2D eigenvalue weighted by molar-refractivity contribution is 7.92. The molecule has 0 radical (unpaired) electrons. The molecule has 2 aromatic carbocycles. The van der Waals surface area contributed by atoms with Gasteiger partial charge in [-0.25, -0.2) is 13.2 Å². The molecule has 0 aliphatic heterocycles. The number of rotatable bonds is 11. The Bertz CT molecular complexity index is 1100. The predicted octanol–water partition coefficient (Wildman–Crippen LogP) is 3.80. The Balaban J connectivity index is 2.31. The first-order chi connectivity index (χ1) is 15.6. The van der Waals surface area contributed by atoms with E-state index in [2.05, 4.69) is 11.9 Å². The van der Waals surface area contributed by atoms with E-state index in [9.17, 15) is 18.0 Å². The fourth-order valence-corrected chi connectivity index (χ4v) is 4.44. The van der Waals surface area contributed by atoms with Crippen molar-refractivity contribution in [3.05, 3.63) is 65.7 Å². The summed E-state index contributed by atoms with van der Waals surface area (Å²) >= 11 is 6.11. The second kappa shape index (κ2) is 11.7. The maximum Gasteiger partial charge on any atom is 0.340 e. The number of halogens is 1. The smallest absolute Gasteiger partial charge is 0.340 e. The van der Waals surface area contributed by atoms with Crippen LogP contribution in [0, 0.1) is 0 Å². The molecule has 1 atom stereocenters. The number of nitrogens with zero attached hydrogens (tertiary/aromatic N) is 1. The van der Waals surface area contributed by atoms with Crippen molar-refractivity contribution < 1.29 is 27.5 Å². The van der Waals surface area contributed by atoms with Crippen LogP contribution in [0.1, 0.15) is 30.6 Å². The van der Waals surface area contributed by atoms with E-state index in [4.69, 9.17) is 21.1 Å². The quantitative estimate of drug-likeness (QED) is 0.376. The Labute approximate surface area is 199 Å². The molecule has 8 nitrogen and oxygen atoms in total. The van der Waals surface area contributed by atoms with Crippen LogP contribution in [0.15, 0.2) is 60.0 Å². The van der Waals surface area contributed by atoms with Crippen molar-refractivity contribution in [2.24, 2.45) is 0 Å². The molecule has 0 saturated carbocycles. The minimum atomic E-state index is -4.08. The van der Waals surface area contributed by atoms with E-state index in [-0.39, 0.29) is 28.1 Å². The number of benzene rings is 2. The highest BCUT2D eigenvalue weighted by Crippen LogP contribution is 2.28. The third-order valence-electron chi connectivity index (χ3n) is 4.76. The predicted molar refractivity (Wildman–Crippen MR) is 127 cm³/mol. The molecule has 0 aliphatic rings. The summed E-state index contributed by atoms with van der Waals surface area (Å²) in [5.74, 6) is -0.797. The van der Waals surface area contributed by atoms with E-state index in [1.807, 2.05) is 13.8 Å². The molecule has 1 amide bonds.